The number of carbonyl (C=O) groups is 1. The molecule has 0 saturated carbocycles. The predicted molar refractivity (Wildman–Crippen MR) is 117 cm³/mol. The lowest BCUT2D eigenvalue weighted by molar-refractivity contribution is 0.0391. The Hall–Kier alpha value is -2.74. The molecular weight excluding hydrogens is 384 g/mol. The highest BCUT2D eigenvalue weighted by molar-refractivity contribution is 7.22. The van der Waals surface area contributed by atoms with Gasteiger partial charge in [-0.1, -0.05) is 41.7 Å². The molecule has 1 aliphatic rings. The molecule has 0 atom stereocenters. The number of hydrogen-bond donors (Lipinski definition) is 1. The molecule has 29 heavy (non-hydrogen) atoms. The number of aromatic nitrogens is 2. The molecule has 148 valence electrons. The average molecular weight is 407 g/mol. The van der Waals surface area contributed by atoms with E-state index >= 15 is 0 Å². The largest absolute Gasteiger partial charge is 0.379 e. The van der Waals surface area contributed by atoms with Gasteiger partial charge in [0.15, 0.2) is 5.13 Å². The van der Waals surface area contributed by atoms with Crippen LogP contribution >= 0.6 is 11.3 Å². The van der Waals surface area contributed by atoms with Crippen LogP contribution in [-0.2, 0) is 4.74 Å². The molecule has 1 amide bonds. The highest BCUT2D eigenvalue weighted by Gasteiger charge is 2.24. The molecule has 1 fully saturated rings. The van der Waals surface area contributed by atoms with E-state index in [0.717, 1.165) is 59.1 Å². The highest BCUT2D eigenvalue weighted by atomic mass is 32.1. The van der Waals surface area contributed by atoms with Crippen molar-refractivity contribution in [3.63, 3.8) is 0 Å². The molecule has 5 rings (SSSR count). The lowest BCUT2D eigenvalue weighted by Gasteiger charge is -2.29. The van der Waals surface area contributed by atoms with Gasteiger partial charge < -0.3 is 9.72 Å². The van der Waals surface area contributed by atoms with Crippen LogP contribution in [0.2, 0.25) is 0 Å². The summed E-state index contributed by atoms with van der Waals surface area (Å²) >= 11 is 1.56. The molecule has 1 N–H and O–H groups in total. The summed E-state index contributed by atoms with van der Waals surface area (Å²) in [6.45, 7) is 4.69. The first-order valence-corrected chi connectivity index (χ1v) is 10.6. The molecule has 0 aliphatic carbocycles. The summed E-state index contributed by atoms with van der Waals surface area (Å²) in [5.41, 5.74) is 2.57. The van der Waals surface area contributed by atoms with Crippen LogP contribution in [-0.4, -0.2) is 60.2 Å². The van der Waals surface area contributed by atoms with Crippen molar-refractivity contribution in [2.75, 3.05) is 44.3 Å². The number of amides is 1. The first-order chi connectivity index (χ1) is 14.3. The molecular formula is C22H22N4O2S. The molecule has 0 unspecified atom stereocenters. The number of morpholine rings is 1. The zero-order valence-corrected chi connectivity index (χ0v) is 16.8. The maximum absolute atomic E-state index is 13.6. The Morgan fingerprint density at radius 1 is 1.14 bits per heavy atom. The molecule has 4 aromatic rings. The van der Waals surface area contributed by atoms with Gasteiger partial charge in [-0.05, 0) is 18.2 Å². The van der Waals surface area contributed by atoms with Crippen LogP contribution in [0, 0.1) is 0 Å². The van der Waals surface area contributed by atoms with Gasteiger partial charge in [-0.15, -0.1) is 0 Å². The first-order valence-electron chi connectivity index (χ1n) is 9.83. The van der Waals surface area contributed by atoms with Gasteiger partial charge in [0.05, 0.1) is 29.0 Å². The summed E-state index contributed by atoms with van der Waals surface area (Å²) in [5.74, 6) is -0.0187. The van der Waals surface area contributed by atoms with Crippen LogP contribution in [0.5, 0.6) is 0 Å². The number of anilines is 1. The summed E-state index contributed by atoms with van der Waals surface area (Å²) in [7, 11) is 0. The van der Waals surface area contributed by atoms with E-state index in [1.54, 1.807) is 11.3 Å². The Labute approximate surface area is 172 Å². The van der Waals surface area contributed by atoms with Gasteiger partial charge in [0, 0.05) is 43.3 Å². The van der Waals surface area contributed by atoms with E-state index in [1.165, 1.54) is 0 Å². The average Bonchev–Trinajstić information content (AvgIpc) is 3.39. The smallest absolute Gasteiger partial charge is 0.262 e. The van der Waals surface area contributed by atoms with Crippen LogP contribution in [0.1, 0.15) is 10.4 Å². The Kier molecular flexibility index (Phi) is 5.01. The molecule has 7 heteroatoms. The number of aromatic amines is 1. The Morgan fingerprint density at radius 3 is 2.79 bits per heavy atom. The Morgan fingerprint density at radius 2 is 1.93 bits per heavy atom. The maximum Gasteiger partial charge on any atom is 0.262 e. The standard InChI is InChI=1S/C22H22N4O2S/c27-21(17-15-23-18-6-2-1-5-16(17)18)26(10-9-25-11-13-28-14-12-25)22-24-19-7-3-4-8-20(19)29-22/h1-8,15,23H,9-14H2. The number of para-hydroxylation sites is 2. The van der Waals surface area contributed by atoms with Crippen LogP contribution in [0.4, 0.5) is 5.13 Å². The van der Waals surface area contributed by atoms with Crippen molar-refractivity contribution in [1.29, 1.82) is 0 Å². The van der Waals surface area contributed by atoms with E-state index < -0.39 is 0 Å². The molecule has 6 nitrogen and oxygen atoms in total. The van der Waals surface area contributed by atoms with Gasteiger partial charge in [0.2, 0.25) is 0 Å². The lowest BCUT2D eigenvalue weighted by atomic mass is 10.1. The summed E-state index contributed by atoms with van der Waals surface area (Å²) < 4.78 is 6.54. The van der Waals surface area contributed by atoms with E-state index in [4.69, 9.17) is 9.72 Å². The molecule has 0 bridgehead atoms. The molecule has 1 saturated heterocycles. The summed E-state index contributed by atoms with van der Waals surface area (Å²) in [6.07, 6.45) is 1.81. The number of benzene rings is 2. The van der Waals surface area contributed by atoms with E-state index in [9.17, 15) is 4.79 Å². The van der Waals surface area contributed by atoms with E-state index in [0.29, 0.717) is 12.1 Å². The quantitative estimate of drug-likeness (QED) is 0.548. The fourth-order valence-electron chi connectivity index (χ4n) is 3.72. The van der Waals surface area contributed by atoms with E-state index in [1.807, 2.05) is 59.6 Å². The highest BCUT2D eigenvalue weighted by Crippen LogP contribution is 2.30. The fraction of sp³-hybridized carbons (Fsp3) is 0.273. The zero-order chi connectivity index (χ0) is 19.6. The number of nitrogens with zero attached hydrogens (tertiary/aromatic N) is 3. The third kappa shape index (κ3) is 3.64. The number of thiazole rings is 1. The molecule has 2 aromatic heterocycles. The molecule has 0 spiro atoms. The number of ether oxygens (including phenoxy) is 1. The van der Waals surface area contributed by atoms with Gasteiger partial charge in [0.25, 0.3) is 5.91 Å². The lowest BCUT2D eigenvalue weighted by Crippen LogP contribution is -2.43. The fourth-order valence-corrected chi connectivity index (χ4v) is 4.71. The van der Waals surface area contributed by atoms with E-state index in [-0.39, 0.29) is 5.91 Å². The van der Waals surface area contributed by atoms with Crippen molar-refractivity contribution < 1.29 is 9.53 Å². The van der Waals surface area contributed by atoms with Crippen molar-refractivity contribution in [1.82, 2.24) is 14.9 Å². The van der Waals surface area contributed by atoms with Gasteiger partial charge >= 0.3 is 0 Å². The van der Waals surface area contributed by atoms with Gasteiger partial charge in [-0.3, -0.25) is 14.6 Å². The molecule has 1 aliphatic heterocycles. The van der Waals surface area contributed by atoms with Gasteiger partial charge in [-0.2, -0.15) is 0 Å². The second kappa shape index (κ2) is 7.94. The van der Waals surface area contributed by atoms with E-state index in [2.05, 4.69) is 9.88 Å². The van der Waals surface area contributed by atoms with Gasteiger partial charge in [0.1, 0.15) is 0 Å². The van der Waals surface area contributed by atoms with Crippen molar-refractivity contribution >= 4 is 43.5 Å². The van der Waals surface area contributed by atoms with Crippen LogP contribution in [0.15, 0.2) is 54.7 Å². The minimum atomic E-state index is -0.0187. The number of nitrogens with one attached hydrogen (secondary N) is 1. The minimum Gasteiger partial charge on any atom is -0.379 e. The first kappa shape index (κ1) is 18.3. The summed E-state index contributed by atoms with van der Waals surface area (Å²) in [5, 5.41) is 1.68. The number of rotatable bonds is 5. The molecule has 0 radical (unpaired) electrons. The molecule has 3 heterocycles. The monoisotopic (exact) mass is 406 g/mol. The number of H-pyrrole nitrogens is 1. The second-order valence-electron chi connectivity index (χ2n) is 7.12. The van der Waals surface area contributed by atoms with Crippen LogP contribution in [0.25, 0.3) is 21.1 Å². The van der Waals surface area contributed by atoms with Crippen LogP contribution in [0.3, 0.4) is 0 Å². The maximum atomic E-state index is 13.6. The van der Waals surface area contributed by atoms with Gasteiger partial charge in [-0.25, -0.2) is 4.98 Å². The number of fused-ring (bicyclic) bond motifs is 2. The second-order valence-corrected chi connectivity index (χ2v) is 8.13. The normalized spacial score (nSPS) is 15.2. The molecule has 2 aromatic carbocycles. The third-order valence-electron chi connectivity index (χ3n) is 5.32. The predicted octanol–water partition coefficient (Wildman–Crippen LogP) is 3.76. The van der Waals surface area contributed by atoms with Crippen molar-refractivity contribution in [2.45, 2.75) is 0 Å². The van der Waals surface area contributed by atoms with Crippen molar-refractivity contribution in [3.05, 3.63) is 60.3 Å². The Bertz CT molecular complexity index is 1110. The Balaban J connectivity index is 1.49. The van der Waals surface area contributed by atoms with Crippen LogP contribution < -0.4 is 4.90 Å². The minimum absolute atomic E-state index is 0.0187. The SMILES string of the molecule is O=C(c1c[nH]c2ccccc12)N(CCN1CCOCC1)c1nc2ccccc2s1. The number of carbonyl (C=O) groups excluding carboxylic acids is 1. The zero-order valence-electron chi connectivity index (χ0n) is 16.0. The van der Waals surface area contributed by atoms with Crippen molar-refractivity contribution in [2.24, 2.45) is 0 Å². The number of hydrogen-bond acceptors (Lipinski definition) is 5. The topological polar surface area (TPSA) is 61.5 Å². The summed E-state index contributed by atoms with van der Waals surface area (Å²) in [4.78, 5) is 25.7. The van der Waals surface area contributed by atoms with Crippen molar-refractivity contribution in [3.8, 4) is 0 Å². The third-order valence-corrected chi connectivity index (χ3v) is 6.38. The summed E-state index contributed by atoms with van der Waals surface area (Å²) in [6, 6.07) is 15.9.